The van der Waals surface area contributed by atoms with Gasteiger partial charge in [-0.25, -0.2) is 0 Å². The van der Waals surface area contributed by atoms with Crippen molar-refractivity contribution in [2.75, 3.05) is 31.1 Å². The van der Waals surface area contributed by atoms with Gasteiger partial charge in [0, 0.05) is 54.3 Å². The van der Waals surface area contributed by atoms with E-state index < -0.39 is 10.8 Å². The van der Waals surface area contributed by atoms with E-state index in [2.05, 4.69) is 18.7 Å². The fraction of sp³-hybridized carbons (Fsp3) is 0.923. The first-order chi connectivity index (χ1) is 7.96. The van der Waals surface area contributed by atoms with E-state index in [1.807, 2.05) is 0 Å². The first-order valence-corrected chi connectivity index (χ1v) is 8.05. The van der Waals surface area contributed by atoms with Crippen molar-refractivity contribution in [2.45, 2.75) is 33.1 Å². The lowest BCUT2D eigenvalue weighted by Gasteiger charge is -2.37. The highest BCUT2D eigenvalue weighted by atomic mass is 32.2. The van der Waals surface area contributed by atoms with Gasteiger partial charge in [-0.05, 0) is 18.3 Å². The normalized spacial score (nSPS) is 31.6. The lowest BCUT2D eigenvalue weighted by molar-refractivity contribution is -0.127. The predicted molar refractivity (Wildman–Crippen MR) is 70.4 cm³/mol. The number of hydrogen-bond donors (Lipinski definition) is 0. The SMILES string of the molecule is CC1(C)CCC(=O)C(CN2CCS(=O)CC2)C1. The van der Waals surface area contributed by atoms with Crippen LogP contribution in [0.25, 0.3) is 0 Å². The second kappa shape index (κ2) is 5.19. The van der Waals surface area contributed by atoms with Gasteiger partial charge in [0.1, 0.15) is 5.78 Å². The number of nitrogens with zero attached hydrogens (tertiary/aromatic N) is 1. The quantitative estimate of drug-likeness (QED) is 0.751. The maximum Gasteiger partial charge on any atom is 0.137 e. The third-order valence-electron chi connectivity index (χ3n) is 4.05. The average molecular weight is 257 g/mol. The third kappa shape index (κ3) is 3.62. The first-order valence-electron chi connectivity index (χ1n) is 6.56. The van der Waals surface area contributed by atoms with Gasteiger partial charge in [0.15, 0.2) is 0 Å². The van der Waals surface area contributed by atoms with E-state index in [1.165, 1.54) is 0 Å². The Bertz CT molecular complexity index is 317. The minimum Gasteiger partial charge on any atom is -0.301 e. The van der Waals surface area contributed by atoms with Crippen LogP contribution in [0.15, 0.2) is 0 Å². The van der Waals surface area contributed by atoms with E-state index in [4.69, 9.17) is 0 Å². The molecule has 0 aromatic carbocycles. The summed E-state index contributed by atoms with van der Waals surface area (Å²) >= 11 is 0. The van der Waals surface area contributed by atoms with E-state index in [9.17, 15) is 9.00 Å². The number of Topliss-reactive ketones (excluding diaryl/α,β-unsaturated/α-hetero) is 1. The third-order valence-corrected chi connectivity index (χ3v) is 5.33. The average Bonchev–Trinajstić information content (AvgIpc) is 2.26. The Hall–Kier alpha value is -0.220. The van der Waals surface area contributed by atoms with E-state index in [-0.39, 0.29) is 5.92 Å². The van der Waals surface area contributed by atoms with E-state index in [1.54, 1.807) is 0 Å². The number of carbonyl (C=O) groups is 1. The van der Waals surface area contributed by atoms with Crippen molar-refractivity contribution < 1.29 is 9.00 Å². The first kappa shape index (κ1) is 13.2. The smallest absolute Gasteiger partial charge is 0.137 e. The summed E-state index contributed by atoms with van der Waals surface area (Å²) in [5.74, 6) is 2.22. The summed E-state index contributed by atoms with van der Waals surface area (Å²) in [5, 5.41) is 0. The van der Waals surface area contributed by atoms with Crippen LogP contribution in [-0.4, -0.2) is 46.0 Å². The Balaban J connectivity index is 1.88. The summed E-state index contributed by atoms with van der Waals surface area (Å²) < 4.78 is 11.3. The molecule has 1 aliphatic carbocycles. The molecule has 0 radical (unpaired) electrons. The summed E-state index contributed by atoms with van der Waals surface area (Å²) in [4.78, 5) is 14.3. The van der Waals surface area contributed by atoms with Crippen molar-refractivity contribution in [1.29, 1.82) is 0 Å². The minimum absolute atomic E-state index is 0.213. The Kier molecular flexibility index (Phi) is 4.03. The number of hydrogen-bond acceptors (Lipinski definition) is 3. The minimum atomic E-state index is -0.618. The highest BCUT2D eigenvalue weighted by Gasteiger charge is 2.34. The van der Waals surface area contributed by atoms with Crippen LogP contribution >= 0.6 is 0 Å². The molecular formula is C13H23NO2S. The Labute approximate surface area is 106 Å². The highest BCUT2D eigenvalue weighted by Crippen LogP contribution is 2.37. The van der Waals surface area contributed by atoms with Gasteiger partial charge in [-0.2, -0.15) is 0 Å². The molecule has 1 saturated carbocycles. The molecule has 1 unspecified atom stereocenters. The van der Waals surface area contributed by atoms with Crippen LogP contribution in [0.3, 0.4) is 0 Å². The van der Waals surface area contributed by atoms with Gasteiger partial charge >= 0.3 is 0 Å². The molecule has 2 fully saturated rings. The van der Waals surface area contributed by atoms with Gasteiger partial charge in [0.05, 0.1) is 0 Å². The molecule has 98 valence electrons. The topological polar surface area (TPSA) is 37.4 Å². The molecule has 1 atom stereocenters. The molecule has 17 heavy (non-hydrogen) atoms. The van der Waals surface area contributed by atoms with Gasteiger partial charge in [-0.1, -0.05) is 13.8 Å². The Morgan fingerprint density at radius 2 is 2.00 bits per heavy atom. The van der Waals surface area contributed by atoms with Crippen LogP contribution in [-0.2, 0) is 15.6 Å². The summed E-state index contributed by atoms with van der Waals surface area (Å²) in [7, 11) is -0.618. The molecule has 1 heterocycles. The molecule has 1 aliphatic heterocycles. The van der Waals surface area contributed by atoms with Crippen molar-refractivity contribution >= 4 is 16.6 Å². The van der Waals surface area contributed by atoms with Crippen molar-refractivity contribution in [2.24, 2.45) is 11.3 Å². The molecule has 2 rings (SSSR count). The van der Waals surface area contributed by atoms with Crippen molar-refractivity contribution in [3.63, 3.8) is 0 Å². The number of rotatable bonds is 2. The summed E-state index contributed by atoms with van der Waals surface area (Å²) in [6.45, 7) is 7.21. The monoisotopic (exact) mass is 257 g/mol. The second-order valence-corrected chi connectivity index (χ2v) is 7.88. The van der Waals surface area contributed by atoms with Crippen LogP contribution in [0, 0.1) is 11.3 Å². The standard InChI is InChI=1S/C13H23NO2S/c1-13(2)4-3-12(15)11(9-13)10-14-5-7-17(16)8-6-14/h11H,3-10H2,1-2H3. The molecular weight excluding hydrogens is 234 g/mol. The number of carbonyl (C=O) groups excluding carboxylic acids is 1. The largest absolute Gasteiger partial charge is 0.301 e. The zero-order chi connectivity index (χ0) is 12.5. The fourth-order valence-corrected chi connectivity index (χ4v) is 4.01. The maximum absolute atomic E-state index is 11.9. The molecule has 3 nitrogen and oxygen atoms in total. The van der Waals surface area contributed by atoms with Crippen LogP contribution in [0.4, 0.5) is 0 Å². The molecule has 4 heteroatoms. The van der Waals surface area contributed by atoms with E-state index >= 15 is 0 Å². The van der Waals surface area contributed by atoms with Crippen molar-refractivity contribution in [3.05, 3.63) is 0 Å². The lowest BCUT2D eigenvalue weighted by atomic mass is 9.71. The van der Waals surface area contributed by atoms with E-state index in [0.717, 1.165) is 50.4 Å². The molecule has 0 amide bonds. The lowest BCUT2D eigenvalue weighted by Crippen LogP contribution is -2.44. The summed E-state index contributed by atoms with van der Waals surface area (Å²) in [6, 6.07) is 0. The Morgan fingerprint density at radius 1 is 1.35 bits per heavy atom. The fourth-order valence-electron chi connectivity index (χ4n) is 2.88. The van der Waals surface area contributed by atoms with Crippen molar-refractivity contribution in [3.8, 4) is 0 Å². The van der Waals surface area contributed by atoms with Gasteiger partial charge in [0.2, 0.25) is 0 Å². The molecule has 0 N–H and O–H groups in total. The van der Waals surface area contributed by atoms with E-state index in [0.29, 0.717) is 11.2 Å². The highest BCUT2D eigenvalue weighted by molar-refractivity contribution is 7.85. The van der Waals surface area contributed by atoms with Gasteiger partial charge in [-0.3, -0.25) is 9.00 Å². The molecule has 0 spiro atoms. The maximum atomic E-state index is 11.9. The zero-order valence-electron chi connectivity index (χ0n) is 10.9. The van der Waals surface area contributed by atoms with Crippen LogP contribution in [0.1, 0.15) is 33.1 Å². The van der Waals surface area contributed by atoms with Crippen LogP contribution in [0.5, 0.6) is 0 Å². The molecule has 0 aromatic rings. The van der Waals surface area contributed by atoms with Gasteiger partial charge < -0.3 is 4.90 Å². The predicted octanol–water partition coefficient (Wildman–Crippen LogP) is 1.45. The van der Waals surface area contributed by atoms with Crippen LogP contribution < -0.4 is 0 Å². The van der Waals surface area contributed by atoms with Gasteiger partial charge in [-0.15, -0.1) is 0 Å². The number of ketones is 1. The summed E-state index contributed by atoms with van der Waals surface area (Å²) in [6.07, 6.45) is 2.80. The molecule has 1 saturated heterocycles. The van der Waals surface area contributed by atoms with Crippen LogP contribution in [0.2, 0.25) is 0 Å². The molecule has 0 aromatic heterocycles. The molecule has 2 aliphatic rings. The Morgan fingerprint density at radius 3 is 2.65 bits per heavy atom. The van der Waals surface area contributed by atoms with Gasteiger partial charge in [0.25, 0.3) is 0 Å². The molecule has 0 bridgehead atoms. The second-order valence-electron chi connectivity index (χ2n) is 6.18. The zero-order valence-corrected chi connectivity index (χ0v) is 11.7. The summed E-state index contributed by atoms with van der Waals surface area (Å²) in [5.41, 5.74) is 0.317. The van der Waals surface area contributed by atoms with Crippen molar-refractivity contribution in [1.82, 2.24) is 4.90 Å².